The molecule has 154 valence electrons. The standard InChI is InChI=1S/C21H21N5O3S/c1-14-20(15(2)26(24-14)16-9-5-4-6-10-16)23-19(27)13-25-18-12-8-7-11-17(18)22-21(25)30(3,28)29/h4-12H,13H2,1-3H3,(H,23,27). The first-order valence-electron chi connectivity index (χ1n) is 9.32. The lowest BCUT2D eigenvalue weighted by Gasteiger charge is -2.10. The highest BCUT2D eigenvalue weighted by atomic mass is 32.2. The third-order valence-electron chi connectivity index (χ3n) is 4.81. The van der Waals surface area contributed by atoms with E-state index in [1.807, 2.05) is 44.2 Å². The quantitative estimate of drug-likeness (QED) is 0.532. The van der Waals surface area contributed by atoms with Gasteiger partial charge in [-0.05, 0) is 38.1 Å². The molecule has 0 aliphatic heterocycles. The summed E-state index contributed by atoms with van der Waals surface area (Å²) in [5.74, 6) is -0.359. The van der Waals surface area contributed by atoms with Crippen LogP contribution in [0.15, 0.2) is 59.8 Å². The van der Waals surface area contributed by atoms with Crippen LogP contribution in [0.2, 0.25) is 0 Å². The summed E-state index contributed by atoms with van der Waals surface area (Å²) in [6.45, 7) is 3.51. The van der Waals surface area contributed by atoms with E-state index in [1.165, 1.54) is 4.57 Å². The normalized spacial score (nSPS) is 11.7. The van der Waals surface area contributed by atoms with E-state index in [9.17, 15) is 13.2 Å². The highest BCUT2D eigenvalue weighted by molar-refractivity contribution is 7.90. The van der Waals surface area contributed by atoms with Crippen molar-refractivity contribution in [3.63, 3.8) is 0 Å². The molecule has 2 heterocycles. The summed E-state index contributed by atoms with van der Waals surface area (Å²) < 4.78 is 27.6. The van der Waals surface area contributed by atoms with Crippen LogP contribution in [0.1, 0.15) is 11.4 Å². The molecule has 2 aromatic heterocycles. The van der Waals surface area contributed by atoms with Crippen LogP contribution >= 0.6 is 0 Å². The van der Waals surface area contributed by atoms with Crippen molar-refractivity contribution in [1.82, 2.24) is 19.3 Å². The second-order valence-corrected chi connectivity index (χ2v) is 8.99. The van der Waals surface area contributed by atoms with Gasteiger partial charge in [0.1, 0.15) is 6.54 Å². The Labute approximate surface area is 174 Å². The molecule has 9 heteroatoms. The van der Waals surface area contributed by atoms with E-state index in [-0.39, 0.29) is 17.6 Å². The van der Waals surface area contributed by atoms with Crippen LogP contribution in [0.5, 0.6) is 0 Å². The van der Waals surface area contributed by atoms with E-state index >= 15 is 0 Å². The van der Waals surface area contributed by atoms with E-state index in [0.717, 1.165) is 17.6 Å². The minimum atomic E-state index is -3.61. The Kier molecular flexibility index (Phi) is 4.90. The number of carbonyl (C=O) groups is 1. The Morgan fingerprint density at radius 1 is 1.03 bits per heavy atom. The fourth-order valence-corrected chi connectivity index (χ4v) is 4.28. The van der Waals surface area contributed by atoms with Gasteiger partial charge in [0.05, 0.1) is 33.8 Å². The van der Waals surface area contributed by atoms with Gasteiger partial charge in [-0.15, -0.1) is 0 Å². The Hall–Kier alpha value is -3.46. The zero-order valence-corrected chi connectivity index (χ0v) is 17.6. The third kappa shape index (κ3) is 3.59. The average Bonchev–Trinajstić information content (AvgIpc) is 3.21. The van der Waals surface area contributed by atoms with Gasteiger partial charge < -0.3 is 9.88 Å². The zero-order valence-electron chi connectivity index (χ0n) is 16.8. The van der Waals surface area contributed by atoms with Crippen molar-refractivity contribution >= 4 is 32.5 Å². The molecule has 1 amide bonds. The first-order valence-corrected chi connectivity index (χ1v) is 11.2. The number of para-hydroxylation sites is 3. The molecule has 0 aliphatic carbocycles. The number of imidazole rings is 1. The topological polar surface area (TPSA) is 98.9 Å². The van der Waals surface area contributed by atoms with Gasteiger partial charge in [0, 0.05) is 6.26 Å². The molecular formula is C21H21N5O3S. The number of nitrogens with one attached hydrogen (secondary N) is 1. The van der Waals surface area contributed by atoms with E-state index < -0.39 is 9.84 Å². The highest BCUT2D eigenvalue weighted by Crippen LogP contribution is 2.24. The molecule has 0 bridgehead atoms. The van der Waals surface area contributed by atoms with Crippen LogP contribution in [0.25, 0.3) is 16.7 Å². The van der Waals surface area contributed by atoms with Gasteiger partial charge in [-0.3, -0.25) is 4.79 Å². The number of aromatic nitrogens is 4. The fourth-order valence-electron chi connectivity index (χ4n) is 3.46. The molecule has 0 unspecified atom stereocenters. The molecule has 4 aromatic rings. The SMILES string of the molecule is Cc1nn(-c2ccccc2)c(C)c1NC(=O)Cn1c(S(C)(=O)=O)nc2ccccc21. The number of sulfone groups is 1. The largest absolute Gasteiger partial charge is 0.321 e. The molecular weight excluding hydrogens is 402 g/mol. The van der Waals surface area contributed by atoms with Crippen molar-refractivity contribution in [3.05, 3.63) is 66.0 Å². The molecule has 0 radical (unpaired) electrons. The van der Waals surface area contributed by atoms with Crippen molar-refractivity contribution in [1.29, 1.82) is 0 Å². The molecule has 0 atom stereocenters. The number of hydrogen-bond acceptors (Lipinski definition) is 5. The van der Waals surface area contributed by atoms with Gasteiger partial charge in [-0.25, -0.2) is 18.1 Å². The van der Waals surface area contributed by atoms with Crippen LogP contribution in [0.4, 0.5) is 5.69 Å². The smallest absolute Gasteiger partial charge is 0.244 e. The predicted molar refractivity (Wildman–Crippen MR) is 115 cm³/mol. The molecule has 4 rings (SSSR count). The highest BCUT2D eigenvalue weighted by Gasteiger charge is 2.22. The summed E-state index contributed by atoms with van der Waals surface area (Å²) in [6, 6.07) is 16.6. The minimum Gasteiger partial charge on any atom is -0.321 e. The predicted octanol–water partition coefficient (Wildman–Crippen LogP) is 2.88. The Morgan fingerprint density at radius 2 is 1.70 bits per heavy atom. The van der Waals surface area contributed by atoms with Gasteiger partial charge in [0.15, 0.2) is 0 Å². The maximum absolute atomic E-state index is 12.9. The summed E-state index contributed by atoms with van der Waals surface area (Å²) in [5.41, 5.74) is 4.05. The van der Waals surface area contributed by atoms with Gasteiger partial charge in [0.25, 0.3) is 0 Å². The number of fused-ring (bicyclic) bond motifs is 1. The molecule has 1 N–H and O–H groups in total. The number of benzene rings is 2. The minimum absolute atomic E-state index is 0.132. The van der Waals surface area contributed by atoms with Crippen molar-refractivity contribution in [2.24, 2.45) is 0 Å². The van der Waals surface area contributed by atoms with Crippen LogP contribution in [0, 0.1) is 13.8 Å². The Bertz CT molecular complexity index is 1350. The molecule has 8 nitrogen and oxygen atoms in total. The Morgan fingerprint density at radius 3 is 2.40 bits per heavy atom. The van der Waals surface area contributed by atoms with Gasteiger partial charge in [-0.2, -0.15) is 5.10 Å². The molecule has 0 spiro atoms. The molecule has 0 saturated heterocycles. The van der Waals surface area contributed by atoms with Crippen LogP contribution < -0.4 is 5.32 Å². The Balaban J connectivity index is 1.67. The molecule has 0 aliphatic rings. The summed E-state index contributed by atoms with van der Waals surface area (Å²) >= 11 is 0. The maximum Gasteiger partial charge on any atom is 0.244 e. The summed E-state index contributed by atoms with van der Waals surface area (Å²) in [6.07, 6.45) is 1.08. The molecule has 0 fully saturated rings. The fraction of sp³-hybridized carbons (Fsp3) is 0.190. The first-order chi connectivity index (χ1) is 14.3. The lowest BCUT2D eigenvalue weighted by Crippen LogP contribution is -2.22. The van der Waals surface area contributed by atoms with Crippen LogP contribution in [-0.2, 0) is 21.2 Å². The van der Waals surface area contributed by atoms with Crippen LogP contribution in [-0.4, -0.2) is 39.9 Å². The van der Waals surface area contributed by atoms with Gasteiger partial charge in [-0.1, -0.05) is 30.3 Å². The maximum atomic E-state index is 12.9. The van der Waals surface area contributed by atoms with Crippen molar-refractivity contribution in [3.8, 4) is 5.69 Å². The second-order valence-electron chi connectivity index (χ2n) is 7.08. The zero-order chi connectivity index (χ0) is 21.5. The average molecular weight is 423 g/mol. The van der Waals surface area contributed by atoms with E-state index in [1.54, 1.807) is 28.9 Å². The van der Waals surface area contributed by atoms with E-state index in [0.29, 0.717) is 22.4 Å². The van der Waals surface area contributed by atoms with Crippen molar-refractivity contribution < 1.29 is 13.2 Å². The molecule has 30 heavy (non-hydrogen) atoms. The number of rotatable bonds is 5. The van der Waals surface area contributed by atoms with E-state index in [4.69, 9.17) is 0 Å². The number of amides is 1. The van der Waals surface area contributed by atoms with Crippen LogP contribution in [0.3, 0.4) is 0 Å². The summed E-state index contributed by atoms with van der Waals surface area (Å²) in [5, 5.41) is 7.28. The van der Waals surface area contributed by atoms with Crippen molar-refractivity contribution in [2.75, 3.05) is 11.6 Å². The number of carbonyl (C=O) groups excluding carboxylic acids is 1. The lowest BCUT2D eigenvalue weighted by molar-refractivity contribution is -0.116. The number of nitrogens with zero attached hydrogens (tertiary/aromatic N) is 4. The van der Waals surface area contributed by atoms with E-state index in [2.05, 4.69) is 15.4 Å². The number of hydrogen-bond donors (Lipinski definition) is 1. The second kappa shape index (κ2) is 7.42. The van der Waals surface area contributed by atoms with Crippen molar-refractivity contribution in [2.45, 2.75) is 25.5 Å². The summed E-state index contributed by atoms with van der Waals surface area (Å²) in [7, 11) is -3.61. The lowest BCUT2D eigenvalue weighted by atomic mass is 10.3. The monoisotopic (exact) mass is 423 g/mol. The van der Waals surface area contributed by atoms with Gasteiger partial charge >= 0.3 is 0 Å². The third-order valence-corrected chi connectivity index (χ3v) is 5.78. The number of anilines is 1. The number of aryl methyl sites for hydroxylation is 1. The summed E-state index contributed by atoms with van der Waals surface area (Å²) in [4.78, 5) is 17.1. The molecule has 2 aromatic carbocycles. The first kappa shape index (κ1) is 19.8. The van der Waals surface area contributed by atoms with Gasteiger partial charge in [0.2, 0.25) is 20.9 Å². The molecule has 0 saturated carbocycles.